The molecule has 0 saturated carbocycles. The smallest absolute Gasteiger partial charge is 0.156 e. The van der Waals surface area contributed by atoms with Gasteiger partial charge in [-0.15, -0.1) is 0 Å². The van der Waals surface area contributed by atoms with Gasteiger partial charge in [-0.3, -0.25) is 0 Å². The fourth-order valence-corrected chi connectivity index (χ4v) is 3.13. The van der Waals surface area contributed by atoms with Gasteiger partial charge in [-0.25, -0.2) is 12.8 Å². The topological polar surface area (TPSA) is 34.1 Å². The molecule has 0 radical (unpaired) electrons. The molecule has 0 heterocycles. The minimum absolute atomic E-state index is 0.0862. The predicted octanol–water partition coefficient (Wildman–Crippen LogP) is 3.93. The Hall–Kier alpha value is -1.68. The van der Waals surface area contributed by atoms with E-state index in [-0.39, 0.29) is 16.8 Å². The molecule has 0 unspecified atom stereocenters. The molecular formula is C18H21FO2S. The third kappa shape index (κ3) is 4.67. The monoisotopic (exact) mass is 320 g/mol. The van der Waals surface area contributed by atoms with Crippen LogP contribution in [0.25, 0.3) is 0 Å². The number of halogens is 1. The van der Waals surface area contributed by atoms with Crippen LogP contribution in [0.15, 0.2) is 48.5 Å². The molecular weight excluding hydrogens is 299 g/mol. The second kappa shape index (κ2) is 7.05. The lowest BCUT2D eigenvalue weighted by atomic mass is 10.0. The van der Waals surface area contributed by atoms with E-state index in [2.05, 4.69) is 0 Å². The molecule has 0 aliphatic heterocycles. The maximum Gasteiger partial charge on any atom is 0.156 e. The van der Waals surface area contributed by atoms with Gasteiger partial charge in [0.15, 0.2) is 9.84 Å². The number of rotatable bonds is 6. The van der Waals surface area contributed by atoms with Gasteiger partial charge in [0, 0.05) is 0 Å². The molecule has 118 valence electrons. The summed E-state index contributed by atoms with van der Waals surface area (Å²) in [7, 11) is -3.06. The van der Waals surface area contributed by atoms with Gasteiger partial charge in [0.25, 0.3) is 0 Å². The number of aryl methyl sites for hydroxylation is 2. The van der Waals surface area contributed by atoms with Gasteiger partial charge in [-0.2, -0.15) is 0 Å². The van der Waals surface area contributed by atoms with E-state index in [4.69, 9.17) is 0 Å². The van der Waals surface area contributed by atoms with E-state index in [0.29, 0.717) is 0 Å². The highest BCUT2D eigenvalue weighted by Gasteiger charge is 2.16. The SMILES string of the molecule is CC(C)S(=O)(=O)Cc1ccc(CCc2ccc(F)cc2)cc1. The maximum atomic E-state index is 12.8. The number of sulfone groups is 1. The number of benzene rings is 2. The molecule has 0 fully saturated rings. The summed E-state index contributed by atoms with van der Waals surface area (Å²) in [6.07, 6.45) is 1.69. The van der Waals surface area contributed by atoms with E-state index in [1.165, 1.54) is 12.1 Å². The van der Waals surface area contributed by atoms with Crippen LogP contribution in [0.2, 0.25) is 0 Å². The van der Waals surface area contributed by atoms with E-state index in [1.54, 1.807) is 26.0 Å². The first-order valence-electron chi connectivity index (χ1n) is 7.40. The van der Waals surface area contributed by atoms with Crippen LogP contribution in [0.3, 0.4) is 0 Å². The van der Waals surface area contributed by atoms with Crippen LogP contribution in [0, 0.1) is 5.82 Å². The fourth-order valence-electron chi connectivity index (χ4n) is 2.14. The normalized spacial score (nSPS) is 11.8. The Balaban J connectivity index is 1.96. The van der Waals surface area contributed by atoms with Crippen LogP contribution in [-0.2, 0) is 28.4 Å². The van der Waals surface area contributed by atoms with Gasteiger partial charge in [0.05, 0.1) is 11.0 Å². The average Bonchev–Trinajstić information content (AvgIpc) is 2.48. The standard InChI is InChI=1S/C18H21FO2S/c1-14(2)22(20,21)13-17-7-5-15(6-8-17)3-4-16-9-11-18(19)12-10-16/h5-12,14H,3-4,13H2,1-2H3. The molecule has 0 atom stereocenters. The third-order valence-corrected chi connectivity index (χ3v) is 5.90. The molecule has 2 aromatic rings. The lowest BCUT2D eigenvalue weighted by Crippen LogP contribution is -2.15. The van der Waals surface area contributed by atoms with Gasteiger partial charge in [0.1, 0.15) is 5.82 Å². The lowest BCUT2D eigenvalue weighted by molar-refractivity contribution is 0.586. The highest BCUT2D eigenvalue weighted by molar-refractivity contribution is 7.91. The Morgan fingerprint density at radius 1 is 0.818 bits per heavy atom. The molecule has 0 aromatic heterocycles. The molecule has 0 aliphatic rings. The zero-order chi connectivity index (χ0) is 16.2. The number of hydrogen-bond acceptors (Lipinski definition) is 2. The summed E-state index contributed by atoms with van der Waals surface area (Å²) in [5, 5.41) is -0.356. The van der Waals surface area contributed by atoms with E-state index >= 15 is 0 Å². The van der Waals surface area contributed by atoms with Crippen LogP contribution >= 0.6 is 0 Å². The summed E-state index contributed by atoms with van der Waals surface area (Å²) in [6, 6.07) is 14.2. The first-order chi connectivity index (χ1) is 10.4. The molecule has 2 nitrogen and oxygen atoms in total. The van der Waals surface area contributed by atoms with Crippen LogP contribution in [0.5, 0.6) is 0 Å². The van der Waals surface area contributed by atoms with Crippen LogP contribution in [-0.4, -0.2) is 13.7 Å². The summed E-state index contributed by atoms with van der Waals surface area (Å²) in [4.78, 5) is 0. The fraction of sp³-hybridized carbons (Fsp3) is 0.333. The first kappa shape index (κ1) is 16.7. The Morgan fingerprint density at radius 3 is 1.68 bits per heavy atom. The quantitative estimate of drug-likeness (QED) is 0.808. The van der Waals surface area contributed by atoms with Crippen molar-refractivity contribution >= 4 is 9.84 Å². The van der Waals surface area contributed by atoms with Crippen molar-refractivity contribution in [3.63, 3.8) is 0 Å². The molecule has 0 amide bonds. The van der Waals surface area contributed by atoms with Crippen molar-refractivity contribution in [1.82, 2.24) is 0 Å². The minimum Gasteiger partial charge on any atom is -0.228 e. The number of hydrogen-bond donors (Lipinski definition) is 0. The zero-order valence-corrected chi connectivity index (χ0v) is 13.7. The summed E-state index contributed by atoms with van der Waals surface area (Å²) in [5.74, 6) is -0.136. The van der Waals surface area contributed by atoms with Crippen LogP contribution in [0.4, 0.5) is 4.39 Å². The molecule has 0 spiro atoms. The van der Waals surface area contributed by atoms with Crippen molar-refractivity contribution in [3.05, 3.63) is 71.0 Å². The largest absolute Gasteiger partial charge is 0.228 e. The average molecular weight is 320 g/mol. The van der Waals surface area contributed by atoms with Gasteiger partial charge in [-0.1, -0.05) is 36.4 Å². The van der Waals surface area contributed by atoms with Crippen LogP contribution < -0.4 is 0 Å². The molecule has 0 saturated heterocycles. The van der Waals surface area contributed by atoms with Gasteiger partial charge in [-0.05, 0) is 55.5 Å². The third-order valence-electron chi connectivity index (χ3n) is 3.72. The van der Waals surface area contributed by atoms with E-state index < -0.39 is 9.84 Å². The van der Waals surface area contributed by atoms with Crippen LogP contribution in [0.1, 0.15) is 30.5 Å². The molecule has 2 rings (SSSR count). The molecule has 0 bridgehead atoms. The Morgan fingerprint density at radius 2 is 1.23 bits per heavy atom. The summed E-state index contributed by atoms with van der Waals surface area (Å²) < 4.78 is 36.6. The summed E-state index contributed by atoms with van der Waals surface area (Å²) >= 11 is 0. The van der Waals surface area contributed by atoms with Crippen molar-refractivity contribution in [1.29, 1.82) is 0 Å². The Labute approximate surface area is 131 Å². The Bertz CT molecular complexity index is 702. The highest BCUT2D eigenvalue weighted by atomic mass is 32.2. The second-order valence-corrected chi connectivity index (χ2v) is 8.36. The van der Waals surface area contributed by atoms with E-state index in [0.717, 1.165) is 29.5 Å². The second-order valence-electron chi connectivity index (χ2n) is 5.80. The van der Waals surface area contributed by atoms with Gasteiger partial charge < -0.3 is 0 Å². The first-order valence-corrected chi connectivity index (χ1v) is 9.12. The lowest BCUT2D eigenvalue weighted by Gasteiger charge is -2.08. The van der Waals surface area contributed by atoms with Gasteiger partial charge in [0.2, 0.25) is 0 Å². The summed E-state index contributed by atoms with van der Waals surface area (Å²) in [5.41, 5.74) is 3.06. The molecule has 0 aliphatic carbocycles. The van der Waals surface area contributed by atoms with Crippen molar-refractivity contribution < 1.29 is 12.8 Å². The van der Waals surface area contributed by atoms with Crippen molar-refractivity contribution in [2.45, 2.75) is 37.7 Å². The molecule has 4 heteroatoms. The highest BCUT2D eigenvalue weighted by Crippen LogP contribution is 2.14. The van der Waals surface area contributed by atoms with Crippen molar-refractivity contribution in [2.75, 3.05) is 0 Å². The summed E-state index contributed by atoms with van der Waals surface area (Å²) in [6.45, 7) is 3.40. The minimum atomic E-state index is -3.06. The Kier molecular flexibility index (Phi) is 5.35. The molecule has 0 N–H and O–H groups in total. The van der Waals surface area contributed by atoms with E-state index in [1.807, 2.05) is 24.3 Å². The van der Waals surface area contributed by atoms with Crippen molar-refractivity contribution in [2.24, 2.45) is 0 Å². The van der Waals surface area contributed by atoms with Crippen molar-refractivity contribution in [3.8, 4) is 0 Å². The van der Waals surface area contributed by atoms with Gasteiger partial charge >= 0.3 is 0 Å². The maximum absolute atomic E-state index is 12.8. The zero-order valence-electron chi connectivity index (χ0n) is 12.9. The van der Waals surface area contributed by atoms with E-state index in [9.17, 15) is 12.8 Å². The molecule has 22 heavy (non-hydrogen) atoms. The predicted molar refractivity (Wildman–Crippen MR) is 88.0 cm³/mol. The molecule has 2 aromatic carbocycles.